The van der Waals surface area contributed by atoms with Gasteiger partial charge in [-0.15, -0.1) is 0 Å². The van der Waals surface area contributed by atoms with Crippen molar-refractivity contribution in [2.24, 2.45) is 0 Å². The van der Waals surface area contributed by atoms with Crippen molar-refractivity contribution in [2.45, 2.75) is 0 Å². The van der Waals surface area contributed by atoms with E-state index in [4.69, 9.17) is 5.26 Å². The quantitative estimate of drug-likeness (QED) is 0.625. The summed E-state index contributed by atoms with van der Waals surface area (Å²) in [6.45, 7) is 1.56. The average Bonchev–Trinajstić information content (AvgIpc) is 2.15. The highest BCUT2D eigenvalue weighted by atomic mass is 16.5. The molecule has 0 amide bonds. The van der Waals surface area contributed by atoms with E-state index in [9.17, 15) is 4.79 Å². The summed E-state index contributed by atoms with van der Waals surface area (Å²) >= 11 is 0. The number of ether oxygens (including phenoxy) is 1. The molecule has 0 aliphatic rings. The molecule has 0 N–H and O–H groups in total. The van der Waals surface area contributed by atoms with E-state index in [2.05, 4.69) is 4.74 Å². The fourth-order valence-corrected chi connectivity index (χ4v) is 0.803. The molecule has 0 aliphatic heterocycles. The molecular formula is C9H6NO2. The lowest BCUT2D eigenvalue weighted by Gasteiger charge is -1.98. The predicted molar refractivity (Wildman–Crippen MR) is 41.7 cm³/mol. The van der Waals surface area contributed by atoms with E-state index in [-0.39, 0.29) is 0 Å². The van der Waals surface area contributed by atoms with Gasteiger partial charge in [-0.2, -0.15) is 5.26 Å². The van der Waals surface area contributed by atoms with Crippen molar-refractivity contribution >= 4 is 6.47 Å². The van der Waals surface area contributed by atoms with Crippen molar-refractivity contribution in [3.05, 3.63) is 42.0 Å². The second-order valence-electron chi connectivity index (χ2n) is 2.05. The number of carbonyl (C=O) groups excluding carboxylic acids is 1. The molecule has 0 aliphatic carbocycles. The number of nitriles is 1. The standard InChI is InChI=1S/C9H6NO2/c10-5-8-3-1-2-4-9(8)6-12-7-11/h1-4,6-7H. The first-order valence-corrected chi connectivity index (χ1v) is 3.30. The van der Waals surface area contributed by atoms with Crippen molar-refractivity contribution < 1.29 is 9.53 Å². The lowest BCUT2D eigenvalue weighted by molar-refractivity contribution is -0.125. The fourth-order valence-electron chi connectivity index (χ4n) is 0.803. The Kier molecular flexibility index (Phi) is 2.86. The van der Waals surface area contributed by atoms with Gasteiger partial charge >= 0.3 is 0 Å². The van der Waals surface area contributed by atoms with Gasteiger partial charge in [-0.05, 0) is 6.07 Å². The molecule has 0 saturated heterocycles. The summed E-state index contributed by atoms with van der Waals surface area (Å²) in [4.78, 5) is 9.84. The van der Waals surface area contributed by atoms with Crippen molar-refractivity contribution in [2.75, 3.05) is 0 Å². The van der Waals surface area contributed by atoms with Gasteiger partial charge in [0.1, 0.15) is 0 Å². The molecule has 0 unspecified atom stereocenters. The van der Waals surface area contributed by atoms with Crippen LogP contribution in [0.25, 0.3) is 0 Å². The van der Waals surface area contributed by atoms with Crippen LogP contribution in [0.2, 0.25) is 0 Å². The van der Waals surface area contributed by atoms with Gasteiger partial charge in [-0.25, -0.2) is 0 Å². The van der Waals surface area contributed by atoms with Crippen LogP contribution in [0.5, 0.6) is 0 Å². The highest BCUT2D eigenvalue weighted by Crippen LogP contribution is 2.09. The molecule has 1 radical (unpaired) electrons. The first-order chi connectivity index (χ1) is 5.88. The Morgan fingerprint density at radius 3 is 2.83 bits per heavy atom. The highest BCUT2D eigenvalue weighted by molar-refractivity contribution is 5.44. The Morgan fingerprint density at radius 2 is 2.17 bits per heavy atom. The normalized spacial score (nSPS) is 8.58. The molecule has 0 heterocycles. The van der Waals surface area contributed by atoms with Gasteiger partial charge in [0.15, 0.2) is 6.61 Å². The van der Waals surface area contributed by atoms with Gasteiger partial charge < -0.3 is 4.74 Å². The van der Waals surface area contributed by atoms with Gasteiger partial charge in [0.25, 0.3) is 6.47 Å². The Hall–Kier alpha value is -1.82. The molecule has 59 valence electrons. The van der Waals surface area contributed by atoms with E-state index in [0.717, 1.165) is 0 Å². The van der Waals surface area contributed by atoms with Crippen LogP contribution in [-0.4, -0.2) is 6.47 Å². The zero-order valence-corrected chi connectivity index (χ0v) is 6.23. The van der Waals surface area contributed by atoms with Crippen LogP contribution >= 0.6 is 0 Å². The Morgan fingerprint density at radius 1 is 1.42 bits per heavy atom. The van der Waals surface area contributed by atoms with Gasteiger partial charge in [-0.3, -0.25) is 4.79 Å². The molecule has 0 saturated carbocycles. The number of benzene rings is 1. The van der Waals surface area contributed by atoms with Crippen molar-refractivity contribution in [1.29, 1.82) is 5.26 Å². The molecule has 3 heteroatoms. The minimum absolute atomic E-state index is 0.314. The van der Waals surface area contributed by atoms with Gasteiger partial charge in [0.05, 0.1) is 11.6 Å². The molecule has 0 bridgehead atoms. The van der Waals surface area contributed by atoms with Crippen LogP contribution in [0.1, 0.15) is 11.1 Å². The second kappa shape index (κ2) is 4.14. The topological polar surface area (TPSA) is 50.1 Å². The predicted octanol–water partition coefficient (Wildman–Crippen LogP) is 1.24. The van der Waals surface area contributed by atoms with Crippen LogP contribution in [0, 0.1) is 17.9 Å². The van der Waals surface area contributed by atoms with E-state index in [1.54, 1.807) is 24.3 Å². The zero-order valence-electron chi connectivity index (χ0n) is 6.23. The molecule has 0 aromatic heterocycles. The fraction of sp³-hybridized carbons (Fsp3) is 0. The van der Waals surface area contributed by atoms with Gasteiger partial charge in [0.2, 0.25) is 0 Å². The van der Waals surface area contributed by atoms with E-state index in [1.165, 1.54) is 6.61 Å². The van der Waals surface area contributed by atoms with Crippen LogP contribution in [0.4, 0.5) is 0 Å². The van der Waals surface area contributed by atoms with Crippen molar-refractivity contribution in [1.82, 2.24) is 0 Å². The maximum absolute atomic E-state index is 9.84. The molecule has 12 heavy (non-hydrogen) atoms. The molecular weight excluding hydrogens is 154 g/mol. The summed E-state index contributed by atoms with van der Waals surface area (Å²) in [5, 5.41) is 8.60. The van der Waals surface area contributed by atoms with Crippen LogP contribution in [0.15, 0.2) is 24.3 Å². The van der Waals surface area contributed by atoms with E-state index in [1.807, 2.05) is 6.07 Å². The van der Waals surface area contributed by atoms with Crippen LogP contribution in [0.3, 0.4) is 0 Å². The summed E-state index contributed by atoms with van der Waals surface area (Å²) in [6, 6.07) is 8.84. The van der Waals surface area contributed by atoms with Crippen molar-refractivity contribution in [3.8, 4) is 6.07 Å². The Bertz CT molecular complexity index is 315. The number of carbonyl (C=O) groups is 1. The number of rotatable bonds is 3. The first kappa shape index (κ1) is 8.28. The highest BCUT2D eigenvalue weighted by Gasteiger charge is 2.00. The monoisotopic (exact) mass is 160 g/mol. The molecule has 1 rings (SSSR count). The third kappa shape index (κ3) is 1.83. The van der Waals surface area contributed by atoms with Crippen LogP contribution < -0.4 is 0 Å². The molecule has 3 nitrogen and oxygen atoms in total. The molecule has 1 aromatic carbocycles. The lowest BCUT2D eigenvalue weighted by atomic mass is 10.1. The van der Waals surface area contributed by atoms with Gasteiger partial charge in [0, 0.05) is 5.56 Å². The van der Waals surface area contributed by atoms with E-state index >= 15 is 0 Å². The van der Waals surface area contributed by atoms with E-state index < -0.39 is 0 Å². The molecule has 0 spiro atoms. The maximum atomic E-state index is 9.84. The summed E-state index contributed by atoms with van der Waals surface area (Å²) in [5.74, 6) is 0. The van der Waals surface area contributed by atoms with E-state index in [0.29, 0.717) is 17.6 Å². The second-order valence-corrected chi connectivity index (χ2v) is 2.05. The number of hydrogen-bond acceptors (Lipinski definition) is 3. The Labute approximate surface area is 70.2 Å². The summed E-state index contributed by atoms with van der Waals surface area (Å²) in [5.41, 5.74) is 1.09. The maximum Gasteiger partial charge on any atom is 0.293 e. The minimum Gasteiger partial charge on any atom is -0.455 e. The summed E-state index contributed by atoms with van der Waals surface area (Å²) in [6.07, 6.45) is 0. The first-order valence-electron chi connectivity index (χ1n) is 3.30. The summed E-state index contributed by atoms with van der Waals surface area (Å²) < 4.78 is 4.41. The zero-order chi connectivity index (χ0) is 8.81. The number of nitrogens with zero attached hydrogens (tertiary/aromatic N) is 1. The largest absolute Gasteiger partial charge is 0.455 e. The Balaban J connectivity index is 2.83. The van der Waals surface area contributed by atoms with Gasteiger partial charge in [-0.1, -0.05) is 18.2 Å². The smallest absolute Gasteiger partial charge is 0.293 e. The number of hydrogen-bond donors (Lipinski definition) is 0. The summed E-state index contributed by atoms with van der Waals surface area (Å²) in [7, 11) is 0. The lowest BCUT2D eigenvalue weighted by Crippen LogP contribution is -1.90. The average molecular weight is 160 g/mol. The molecule has 1 aromatic rings. The molecule has 0 fully saturated rings. The van der Waals surface area contributed by atoms with Crippen LogP contribution in [-0.2, 0) is 9.53 Å². The third-order valence-corrected chi connectivity index (χ3v) is 1.33. The SMILES string of the molecule is N#Cc1ccccc1[CH]OC=O. The minimum atomic E-state index is 0.314. The molecule has 0 atom stereocenters. The van der Waals surface area contributed by atoms with Crippen molar-refractivity contribution in [3.63, 3.8) is 0 Å². The third-order valence-electron chi connectivity index (χ3n) is 1.33.